The first-order valence-corrected chi connectivity index (χ1v) is 14.5. The number of aromatic amines is 1. The van der Waals surface area contributed by atoms with Crippen molar-refractivity contribution in [3.05, 3.63) is 95.7 Å². The predicted octanol–water partition coefficient (Wildman–Crippen LogP) is 3.97. The Kier molecular flexibility index (Phi) is 8.96. The third kappa shape index (κ3) is 6.81. The second kappa shape index (κ2) is 13.0. The van der Waals surface area contributed by atoms with Crippen molar-refractivity contribution in [2.45, 2.75) is 25.4 Å². The lowest BCUT2D eigenvalue weighted by atomic mass is 9.92. The molecule has 1 aromatic heterocycles. The summed E-state index contributed by atoms with van der Waals surface area (Å²) in [4.78, 5) is 49.2. The van der Waals surface area contributed by atoms with Crippen LogP contribution in [0.4, 0.5) is 16.2 Å². The van der Waals surface area contributed by atoms with E-state index in [-0.39, 0.29) is 11.6 Å². The van der Waals surface area contributed by atoms with Gasteiger partial charge in [-0.05, 0) is 55.6 Å². The Morgan fingerprint density at radius 2 is 1.65 bits per heavy atom. The van der Waals surface area contributed by atoms with Crippen LogP contribution in [0.5, 0.6) is 0 Å². The zero-order valence-electron chi connectivity index (χ0n) is 24.8. The van der Waals surface area contributed by atoms with Crippen molar-refractivity contribution < 1.29 is 14.4 Å². The molecule has 2 heterocycles. The number of rotatable bonds is 9. The molecule has 0 spiro atoms. The number of benzene rings is 3. The van der Waals surface area contributed by atoms with Gasteiger partial charge in [-0.25, -0.2) is 4.79 Å². The van der Waals surface area contributed by atoms with E-state index < -0.39 is 23.8 Å². The number of aromatic nitrogens is 1. The van der Waals surface area contributed by atoms with Gasteiger partial charge in [0.15, 0.2) is 0 Å². The number of hydrogen-bond acceptors (Lipinski definition) is 5. The van der Waals surface area contributed by atoms with Crippen LogP contribution < -0.4 is 21.3 Å². The largest absolute Gasteiger partial charge is 0.368 e. The molecule has 1 saturated heterocycles. The molecule has 5 N–H and O–H groups in total. The summed E-state index contributed by atoms with van der Waals surface area (Å²) in [6, 6.07) is 21.9. The molecule has 2 atom stereocenters. The fourth-order valence-electron chi connectivity index (χ4n) is 5.68. The lowest BCUT2D eigenvalue weighted by molar-refractivity contribution is -0.118. The number of fused-ring (bicyclic) bond motifs is 1. The number of hydrogen-bond donors (Lipinski definition) is 4. The summed E-state index contributed by atoms with van der Waals surface area (Å²) in [6.45, 7) is 4.96. The number of nitrogens with zero attached hydrogens (tertiary/aromatic N) is 3. The Bertz CT molecular complexity index is 1590. The van der Waals surface area contributed by atoms with Gasteiger partial charge in [-0.2, -0.15) is 0 Å². The van der Waals surface area contributed by atoms with Gasteiger partial charge in [-0.1, -0.05) is 49.4 Å². The molecule has 10 nitrogen and oxygen atoms in total. The smallest absolute Gasteiger partial charge is 0.318 e. The molecule has 1 aliphatic rings. The molecule has 0 unspecified atom stereocenters. The zero-order chi connectivity index (χ0) is 30.5. The van der Waals surface area contributed by atoms with Crippen LogP contribution in [0.1, 0.15) is 34.3 Å². The maximum atomic E-state index is 14.0. The van der Waals surface area contributed by atoms with Crippen LogP contribution in [-0.2, 0) is 11.3 Å². The van der Waals surface area contributed by atoms with Gasteiger partial charge in [0.1, 0.15) is 6.04 Å². The molecule has 0 bridgehead atoms. The second-order valence-electron chi connectivity index (χ2n) is 11.3. The van der Waals surface area contributed by atoms with E-state index in [0.29, 0.717) is 38.4 Å². The highest BCUT2D eigenvalue weighted by Gasteiger charge is 2.32. The van der Waals surface area contributed by atoms with Gasteiger partial charge in [-0.15, -0.1) is 0 Å². The summed E-state index contributed by atoms with van der Waals surface area (Å²) < 4.78 is 0. The van der Waals surface area contributed by atoms with Crippen LogP contribution in [0, 0.1) is 0 Å². The molecule has 0 radical (unpaired) electrons. The summed E-state index contributed by atoms with van der Waals surface area (Å²) in [6.07, 6.45) is 1.88. The van der Waals surface area contributed by atoms with E-state index in [1.807, 2.05) is 80.6 Å². The Hall–Kier alpha value is -4.83. The molecule has 4 amide bonds. The summed E-state index contributed by atoms with van der Waals surface area (Å²) in [5, 5.41) is 6.93. The standard InChI is InChI=1S/C33H39N7O3/c1-22(27-20-35-28-12-8-7-11-25(27)28)30(32(42)36-29-19-23(21-38(2)3)13-14-26(29)31(34)41)37-33(43)40-17-15-39(16-18-40)24-9-5-4-6-10-24/h4-14,19-20,22,30,35H,15-18,21H2,1-3H3,(H2,34,41)(H,36,42)(H,37,43)/t22-,30+/m0/s1. The number of carbonyl (C=O) groups excluding carboxylic acids is 3. The molecule has 0 saturated carbocycles. The maximum absolute atomic E-state index is 14.0. The van der Waals surface area contributed by atoms with Crippen LogP contribution in [0.3, 0.4) is 0 Å². The molecule has 4 aromatic rings. The van der Waals surface area contributed by atoms with Crippen LogP contribution in [0.25, 0.3) is 10.9 Å². The van der Waals surface area contributed by atoms with Crippen molar-refractivity contribution in [3.63, 3.8) is 0 Å². The molecule has 1 aliphatic heterocycles. The predicted molar refractivity (Wildman–Crippen MR) is 170 cm³/mol. The number of H-pyrrole nitrogens is 1. The quantitative estimate of drug-likeness (QED) is 0.238. The lowest BCUT2D eigenvalue weighted by Gasteiger charge is -2.37. The zero-order valence-corrected chi connectivity index (χ0v) is 24.8. The van der Waals surface area contributed by atoms with Gasteiger partial charge in [-0.3, -0.25) is 9.59 Å². The minimum atomic E-state index is -0.933. The SMILES string of the molecule is C[C@@H](c1c[nH]c2ccccc12)[C@@H](NC(=O)N1CCN(c2ccccc2)CC1)C(=O)Nc1cc(CN(C)C)ccc1C(N)=O. The summed E-state index contributed by atoms with van der Waals surface area (Å²) in [5.74, 6) is -1.47. The molecular formula is C33H39N7O3. The number of carbonyl (C=O) groups is 3. The Morgan fingerprint density at radius 1 is 0.953 bits per heavy atom. The number of amides is 4. The molecule has 224 valence electrons. The van der Waals surface area contributed by atoms with E-state index in [4.69, 9.17) is 5.73 Å². The van der Waals surface area contributed by atoms with E-state index in [1.54, 1.807) is 17.0 Å². The van der Waals surface area contributed by atoms with E-state index >= 15 is 0 Å². The number of para-hydroxylation sites is 2. The minimum Gasteiger partial charge on any atom is -0.368 e. The number of anilines is 2. The van der Waals surface area contributed by atoms with Gasteiger partial charge >= 0.3 is 6.03 Å². The van der Waals surface area contributed by atoms with Crippen LogP contribution in [0.15, 0.2) is 79.0 Å². The Morgan fingerprint density at radius 3 is 2.35 bits per heavy atom. The van der Waals surface area contributed by atoms with Gasteiger partial charge in [0.05, 0.1) is 11.3 Å². The van der Waals surface area contributed by atoms with E-state index in [1.165, 1.54) is 0 Å². The highest BCUT2D eigenvalue weighted by molar-refractivity contribution is 6.05. The second-order valence-corrected chi connectivity index (χ2v) is 11.3. The van der Waals surface area contributed by atoms with Crippen molar-refractivity contribution >= 4 is 40.1 Å². The van der Waals surface area contributed by atoms with Crippen LogP contribution >= 0.6 is 0 Å². The van der Waals surface area contributed by atoms with Crippen LogP contribution in [0.2, 0.25) is 0 Å². The average Bonchev–Trinajstić information content (AvgIpc) is 3.44. The van der Waals surface area contributed by atoms with E-state index in [0.717, 1.165) is 27.7 Å². The summed E-state index contributed by atoms with van der Waals surface area (Å²) in [7, 11) is 3.88. The fraction of sp³-hybridized carbons (Fsp3) is 0.303. The number of primary amides is 1. The number of nitrogens with two attached hydrogens (primary N) is 1. The van der Waals surface area contributed by atoms with Gasteiger partial charge < -0.3 is 36.1 Å². The molecule has 10 heteroatoms. The molecule has 5 rings (SSSR count). The highest BCUT2D eigenvalue weighted by atomic mass is 16.2. The molecular weight excluding hydrogens is 542 g/mol. The average molecular weight is 582 g/mol. The van der Waals surface area contributed by atoms with Crippen molar-refractivity contribution in [1.82, 2.24) is 20.1 Å². The molecule has 1 fully saturated rings. The topological polar surface area (TPSA) is 127 Å². The maximum Gasteiger partial charge on any atom is 0.318 e. The van der Waals surface area contributed by atoms with Gasteiger partial charge in [0, 0.05) is 61.4 Å². The van der Waals surface area contributed by atoms with Crippen molar-refractivity contribution in [1.29, 1.82) is 0 Å². The summed E-state index contributed by atoms with van der Waals surface area (Å²) >= 11 is 0. The van der Waals surface area contributed by atoms with Crippen LogP contribution in [-0.4, -0.2) is 78.9 Å². The first kappa shape index (κ1) is 29.7. The number of piperazine rings is 1. The van der Waals surface area contributed by atoms with Gasteiger partial charge in [0.2, 0.25) is 5.91 Å². The summed E-state index contributed by atoms with van der Waals surface area (Å²) in [5.41, 5.74) is 10.1. The molecule has 43 heavy (non-hydrogen) atoms. The highest BCUT2D eigenvalue weighted by Crippen LogP contribution is 2.29. The van der Waals surface area contributed by atoms with Crippen molar-refractivity contribution in [2.75, 3.05) is 50.5 Å². The fourth-order valence-corrected chi connectivity index (χ4v) is 5.68. The van der Waals surface area contributed by atoms with Gasteiger partial charge in [0.25, 0.3) is 5.91 Å². The third-order valence-electron chi connectivity index (χ3n) is 7.97. The van der Waals surface area contributed by atoms with E-state index in [9.17, 15) is 14.4 Å². The Balaban J connectivity index is 1.39. The normalized spacial score (nSPS) is 14.9. The molecule has 3 aromatic carbocycles. The number of urea groups is 1. The van der Waals surface area contributed by atoms with Crippen molar-refractivity contribution in [2.24, 2.45) is 5.73 Å². The van der Waals surface area contributed by atoms with Crippen molar-refractivity contribution in [3.8, 4) is 0 Å². The lowest BCUT2D eigenvalue weighted by Crippen LogP contribution is -2.56. The third-order valence-corrected chi connectivity index (χ3v) is 7.97. The molecule has 0 aliphatic carbocycles. The monoisotopic (exact) mass is 581 g/mol. The first-order chi connectivity index (χ1) is 20.7. The Labute approximate surface area is 251 Å². The van der Waals surface area contributed by atoms with E-state index in [2.05, 4.69) is 32.7 Å². The minimum absolute atomic E-state index is 0.206. The first-order valence-electron chi connectivity index (χ1n) is 14.5. The number of nitrogens with one attached hydrogen (secondary N) is 3.